The number of hydrogen-bond donors (Lipinski definition) is 2. The van der Waals surface area contributed by atoms with Crippen LogP contribution in [0.2, 0.25) is 0 Å². The summed E-state index contributed by atoms with van der Waals surface area (Å²) >= 11 is 0. The predicted molar refractivity (Wildman–Crippen MR) is 75.1 cm³/mol. The molecule has 21 heavy (non-hydrogen) atoms. The Morgan fingerprint density at radius 2 is 2.24 bits per heavy atom. The van der Waals surface area contributed by atoms with Gasteiger partial charge in [-0.1, -0.05) is 0 Å². The molecule has 0 bridgehead atoms. The highest BCUT2D eigenvalue weighted by atomic mass is 19.2. The van der Waals surface area contributed by atoms with E-state index in [9.17, 15) is 13.6 Å². The van der Waals surface area contributed by atoms with E-state index in [0.29, 0.717) is 12.6 Å². The molecular weight excluding hydrogens is 278 g/mol. The van der Waals surface area contributed by atoms with Gasteiger partial charge in [-0.15, -0.1) is 0 Å². The van der Waals surface area contributed by atoms with Crippen LogP contribution in [0.5, 0.6) is 5.75 Å². The van der Waals surface area contributed by atoms with Crippen molar-refractivity contribution in [3.63, 3.8) is 0 Å². The molecular formula is C15H20F2N2O2. The van der Waals surface area contributed by atoms with Crippen molar-refractivity contribution in [2.45, 2.75) is 25.8 Å². The second-order valence-corrected chi connectivity index (χ2v) is 5.29. The van der Waals surface area contributed by atoms with Crippen molar-refractivity contribution >= 4 is 5.91 Å². The third-order valence-corrected chi connectivity index (χ3v) is 3.56. The van der Waals surface area contributed by atoms with Crippen LogP contribution in [0.15, 0.2) is 18.2 Å². The zero-order chi connectivity index (χ0) is 15.2. The van der Waals surface area contributed by atoms with E-state index >= 15 is 0 Å². The highest BCUT2D eigenvalue weighted by Gasteiger charge is 2.24. The Morgan fingerprint density at radius 1 is 1.43 bits per heavy atom. The van der Waals surface area contributed by atoms with Crippen LogP contribution in [-0.4, -0.2) is 31.6 Å². The molecule has 1 saturated heterocycles. The molecule has 116 valence electrons. The second-order valence-electron chi connectivity index (χ2n) is 5.29. The first-order valence-electron chi connectivity index (χ1n) is 7.15. The Kier molecular flexibility index (Phi) is 5.50. The summed E-state index contributed by atoms with van der Waals surface area (Å²) in [4.78, 5) is 11.9. The van der Waals surface area contributed by atoms with Gasteiger partial charge in [-0.2, -0.15) is 0 Å². The average Bonchev–Trinajstić information content (AvgIpc) is 2.47. The number of hydrogen-bond acceptors (Lipinski definition) is 3. The van der Waals surface area contributed by atoms with Gasteiger partial charge in [0.2, 0.25) is 5.91 Å². The van der Waals surface area contributed by atoms with Crippen LogP contribution in [0.1, 0.15) is 19.8 Å². The summed E-state index contributed by atoms with van der Waals surface area (Å²) < 4.78 is 31.0. The van der Waals surface area contributed by atoms with Gasteiger partial charge >= 0.3 is 0 Å². The highest BCUT2D eigenvalue weighted by Crippen LogP contribution is 2.16. The van der Waals surface area contributed by atoms with E-state index in [-0.39, 0.29) is 24.2 Å². The molecule has 1 aliphatic heterocycles. The number of rotatable bonds is 5. The molecule has 1 amide bonds. The molecule has 1 aromatic carbocycles. The molecule has 2 N–H and O–H groups in total. The van der Waals surface area contributed by atoms with Crippen molar-refractivity contribution in [3.05, 3.63) is 29.8 Å². The lowest BCUT2D eigenvalue weighted by Crippen LogP contribution is -2.43. The van der Waals surface area contributed by atoms with Gasteiger partial charge < -0.3 is 15.4 Å². The quantitative estimate of drug-likeness (QED) is 0.816. The van der Waals surface area contributed by atoms with Gasteiger partial charge in [0.25, 0.3) is 0 Å². The summed E-state index contributed by atoms with van der Waals surface area (Å²) in [6.07, 6.45) is 1.66. The van der Waals surface area contributed by atoms with E-state index in [4.69, 9.17) is 4.74 Å². The van der Waals surface area contributed by atoms with Gasteiger partial charge in [0.15, 0.2) is 11.6 Å². The molecule has 1 fully saturated rings. The molecule has 0 aliphatic carbocycles. The van der Waals surface area contributed by atoms with Crippen LogP contribution < -0.4 is 15.4 Å². The van der Waals surface area contributed by atoms with Gasteiger partial charge in [-0.25, -0.2) is 8.78 Å². The number of carbonyl (C=O) groups is 1. The Morgan fingerprint density at radius 3 is 2.95 bits per heavy atom. The summed E-state index contributed by atoms with van der Waals surface area (Å²) in [6, 6.07) is 3.72. The molecule has 1 aromatic rings. The van der Waals surface area contributed by atoms with Crippen LogP contribution >= 0.6 is 0 Å². The first kappa shape index (κ1) is 15.7. The predicted octanol–water partition coefficient (Wildman–Crippen LogP) is 1.85. The first-order chi connectivity index (χ1) is 10.1. The molecule has 1 heterocycles. The van der Waals surface area contributed by atoms with Gasteiger partial charge in [-0.3, -0.25) is 4.79 Å². The van der Waals surface area contributed by atoms with Crippen LogP contribution in [0.4, 0.5) is 8.78 Å². The van der Waals surface area contributed by atoms with E-state index in [1.165, 1.54) is 6.07 Å². The Balaban J connectivity index is 1.69. The molecule has 0 spiro atoms. The number of benzene rings is 1. The molecule has 0 saturated carbocycles. The number of nitrogens with one attached hydrogen (secondary N) is 2. The zero-order valence-corrected chi connectivity index (χ0v) is 12.0. The molecule has 0 radical (unpaired) electrons. The van der Waals surface area contributed by atoms with Crippen LogP contribution in [-0.2, 0) is 4.79 Å². The number of piperidine rings is 1. The lowest BCUT2D eigenvalue weighted by Gasteiger charge is -2.27. The van der Waals surface area contributed by atoms with E-state index in [1.807, 2.05) is 0 Å². The summed E-state index contributed by atoms with van der Waals surface area (Å²) in [6.45, 7) is 3.48. The third kappa shape index (κ3) is 4.67. The molecule has 4 nitrogen and oxygen atoms in total. The maximum Gasteiger partial charge on any atom is 0.223 e. The van der Waals surface area contributed by atoms with E-state index in [1.54, 1.807) is 0 Å². The Bertz CT molecular complexity index is 497. The number of carbonyl (C=O) groups excluding carboxylic acids is 1. The van der Waals surface area contributed by atoms with Crippen molar-refractivity contribution in [2.24, 2.45) is 5.92 Å². The lowest BCUT2D eigenvalue weighted by atomic mass is 9.92. The number of halogens is 2. The fourth-order valence-corrected chi connectivity index (χ4v) is 2.42. The molecule has 0 aromatic heterocycles. The van der Waals surface area contributed by atoms with Gasteiger partial charge in [0.1, 0.15) is 12.4 Å². The second kappa shape index (κ2) is 7.36. The Labute approximate surface area is 122 Å². The van der Waals surface area contributed by atoms with Gasteiger partial charge in [0, 0.05) is 18.0 Å². The average molecular weight is 298 g/mol. The normalized spacial score (nSPS) is 21.9. The highest BCUT2D eigenvalue weighted by molar-refractivity contribution is 5.78. The summed E-state index contributed by atoms with van der Waals surface area (Å²) in [5.41, 5.74) is 0. The van der Waals surface area contributed by atoms with Crippen molar-refractivity contribution in [2.75, 3.05) is 19.7 Å². The van der Waals surface area contributed by atoms with Gasteiger partial charge in [-0.05, 0) is 38.4 Å². The molecule has 6 heteroatoms. The first-order valence-corrected chi connectivity index (χ1v) is 7.15. The van der Waals surface area contributed by atoms with Crippen LogP contribution in [0.3, 0.4) is 0 Å². The molecule has 2 rings (SSSR count). The maximum absolute atomic E-state index is 13.0. The smallest absolute Gasteiger partial charge is 0.223 e. The molecule has 1 aliphatic rings. The number of ether oxygens (including phenoxy) is 1. The van der Waals surface area contributed by atoms with E-state index in [2.05, 4.69) is 17.6 Å². The van der Waals surface area contributed by atoms with Crippen molar-refractivity contribution in [1.29, 1.82) is 0 Å². The van der Waals surface area contributed by atoms with Crippen molar-refractivity contribution < 1.29 is 18.3 Å². The molecule has 2 atom stereocenters. The van der Waals surface area contributed by atoms with E-state index in [0.717, 1.165) is 31.5 Å². The summed E-state index contributed by atoms with van der Waals surface area (Å²) in [5.74, 6) is -1.55. The number of amides is 1. The SMILES string of the molecule is C[C@H]1C[C@@H](C(=O)NCCOc2ccc(F)c(F)c2)CCN1. The minimum absolute atomic E-state index is 0.0252. The molecule has 0 unspecified atom stereocenters. The monoisotopic (exact) mass is 298 g/mol. The van der Waals surface area contributed by atoms with Crippen LogP contribution in [0.25, 0.3) is 0 Å². The Hall–Kier alpha value is -1.69. The fraction of sp³-hybridized carbons (Fsp3) is 0.533. The minimum Gasteiger partial charge on any atom is -0.492 e. The minimum atomic E-state index is -0.944. The maximum atomic E-state index is 13.0. The summed E-state index contributed by atoms with van der Waals surface area (Å²) in [7, 11) is 0. The third-order valence-electron chi connectivity index (χ3n) is 3.56. The zero-order valence-electron chi connectivity index (χ0n) is 12.0. The fourth-order valence-electron chi connectivity index (χ4n) is 2.42. The largest absolute Gasteiger partial charge is 0.492 e. The van der Waals surface area contributed by atoms with Gasteiger partial charge in [0.05, 0.1) is 6.54 Å². The standard InChI is InChI=1S/C15H20F2N2O2/c1-10-8-11(4-5-18-10)15(20)19-6-7-21-12-2-3-13(16)14(17)9-12/h2-3,9-11,18H,4-8H2,1H3,(H,19,20)/t10-,11-/m0/s1. The van der Waals surface area contributed by atoms with Crippen LogP contribution in [0, 0.1) is 17.6 Å². The lowest BCUT2D eigenvalue weighted by molar-refractivity contribution is -0.126. The topological polar surface area (TPSA) is 50.4 Å². The summed E-state index contributed by atoms with van der Waals surface area (Å²) in [5, 5.41) is 6.10. The van der Waals surface area contributed by atoms with Crippen molar-refractivity contribution in [1.82, 2.24) is 10.6 Å². The van der Waals surface area contributed by atoms with Crippen molar-refractivity contribution in [3.8, 4) is 5.75 Å². The van der Waals surface area contributed by atoms with E-state index < -0.39 is 11.6 Å².